The molecule has 4 rings (SSSR count). The van der Waals surface area contributed by atoms with E-state index in [-0.39, 0.29) is 17.0 Å². The van der Waals surface area contributed by atoms with E-state index in [1.54, 1.807) is 11.3 Å². The molecule has 2 amide bonds. The number of aryl methyl sites for hydroxylation is 1. The molecular formula is C21H26N6O2S. The van der Waals surface area contributed by atoms with Crippen LogP contribution in [0.2, 0.25) is 0 Å². The molecule has 3 aromatic rings. The smallest absolute Gasteiger partial charge is 0.320 e. The van der Waals surface area contributed by atoms with Gasteiger partial charge in [-0.3, -0.25) is 15.1 Å². The first-order valence-corrected chi connectivity index (χ1v) is 11.0. The van der Waals surface area contributed by atoms with Crippen molar-refractivity contribution in [2.45, 2.75) is 58.4 Å². The molecule has 3 heterocycles. The molecule has 158 valence electrons. The maximum atomic E-state index is 12.6. The molecule has 0 radical (unpaired) electrons. The number of amides is 2. The molecule has 30 heavy (non-hydrogen) atoms. The van der Waals surface area contributed by atoms with Crippen LogP contribution < -0.4 is 16.2 Å². The fraction of sp³-hybridized carbons (Fsp3) is 0.429. The van der Waals surface area contributed by atoms with Gasteiger partial charge in [-0.1, -0.05) is 26.8 Å². The highest BCUT2D eigenvalue weighted by Gasteiger charge is 2.24. The number of anilines is 1. The molecule has 9 heteroatoms. The fourth-order valence-corrected chi connectivity index (χ4v) is 4.07. The van der Waals surface area contributed by atoms with Gasteiger partial charge in [-0.05, 0) is 37.1 Å². The first-order valence-electron chi connectivity index (χ1n) is 10.1. The van der Waals surface area contributed by atoms with Crippen molar-refractivity contribution in [3.8, 4) is 5.95 Å². The number of nitrogens with zero attached hydrogens (tertiary/aromatic N) is 3. The number of hydrogen-bond donors (Lipinski definition) is 3. The molecule has 8 nitrogen and oxygen atoms in total. The maximum Gasteiger partial charge on any atom is 0.320 e. The van der Waals surface area contributed by atoms with Crippen molar-refractivity contribution in [2.75, 3.05) is 5.32 Å². The Hall–Kier alpha value is -2.94. The first kappa shape index (κ1) is 20.3. The Labute approximate surface area is 178 Å². The zero-order valence-electron chi connectivity index (χ0n) is 17.4. The molecule has 0 unspecified atom stereocenters. The molecule has 0 aliphatic heterocycles. The minimum absolute atomic E-state index is 0.129. The van der Waals surface area contributed by atoms with Crippen molar-refractivity contribution in [3.63, 3.8) is 0 Å². The molecule has 1 aliphatic carbocycles. The topological polar surface area (TPSA) is 105 Å². The summed E-state index contributed by atoms with van der Waals surface area (Å²) >= 11 is 1.58. The Morgan fingerprint density at radius 1 is 1.30 bits per heavy atom. The number of fused-ring (bicyclic) bond motifs is 1. The number of aromatic nitrogens is 4. The van der Waals surface area contributed by atoms with E-state index in [2.05, 4.69) is 25.7 Å². The third-order valence-corrected chi connectivity index (χ3v) is 5.98. The molecule has 0 fully saturated rings. The lowest BCUT2D eigenvalue weighted by Gasteiger charge is -2.16. The monoisotopic (exact) mass is 426 g/mol. The second kappa shape index (κ2) is 8.06. The van der Waals surface area contributed by atoms with Crippen LogP contribution in [0.5, 0.6) is 0 Å². The van der Waals surface area contributed by atoms with Gasteiger partial charge in [-0.25, -0.2) is 9.78 Å². The number of thiophene rings is 1. The highest BCUT2D eigenvalue weighted by Crippen LogP contribution is 2.26. The number of carbonyl (C=O) groups is 1. The molecule has 0 saturated heterocycles. The number of rotatable bonds is 4. The van der Waals surface area contributed by atoms with E-state index in [0.29, 0.717) is 18.3 Å². The minimum atomic E-state index is -0.342. The van der Waals surface area contributed by atoms with Crippen LogP contribution in [0.4, 0.5) is 10.6 Å². The summed E-state index contributed by atoms with van der Waals surface area (Å²) in [5.41, 5.74) is 2.01. The van der Waals surface area contributed by atoms with E-state index < -0.39 is 0 Å². The standard InChI is InChI=1S/C21H26N6O2S/c1-21(2,3)16-11-17(24-20(29)22-12-13-7-6-10-30-13)27(26-16)19-23-15-9-5-4-8-14(15)18(28)25-19/h6-7,10-11H,4-5,8-9,12H2,1-3H3,(H2,22,24,29)(H,23,25,28). The van der Waals surface area contributed by atoms with Gasteiger partial charge in [0.05, 0.1) is 17.9 Å². The van der Waals surface area contributed by atoms with Gasteiger partial charge in [-0.2, -0.15) is 9.78 Å². The van der Waals surface area contributed by atoms with Gasteiger partial charge < -0.3 is 5.32 Å². The van der Waals surface area contributed by atoms with E-state index in [1.807, 2.05) is 44.4 Å². The van der Waals surface area contributed by atoms with Crippen LogP contribution in [0.3, 0.4) is 0 Å². The average Bonchev–Trinajstić information content (AvgIpc) is 3.36. The zero-order chi connectivity index (χ0) is 21.3. The highest BCUT2D eigenvalue weighted by molar-refractivity contribution is 7.09. The van der Waals surface area contributed by atoms with Gasteiger partial charge in [0.15, 0.2) is 0 Å². The Morgan fingerprint density at radius 2 is 2.10 bits per heavy atom. The van der Waals surface area contributed by atoms with Gasteiger partial charge >= 0.3 is 6.03 Å². The summed E-state index contributed by atoms with van der Waals surface area (Å²) in [4.78, 5) is 33.7. The second-order valence-electron chi connectivity index (χ2n) is 8.49. The Kier molecular flexibility index (Phi) is 5.46. The first-order chi connectivity index (χ1) is 14.3. The molecular weight excluding hydrogens is 400 g/mol. The van der Waals surface area contributed by atoms with Gasteiger partial charge in [-0.15, -0.1) is 11.3 Å². The van der Waals surface area contributed by atoms with E-state index in [1.165, 1.54) is 4.68 Å². The number of H-pyrrole nitrogens is 1. The van der Waals surface area contributed by atoms with Gasteiger partial charge in [0.25, 0.3) is 5.56 Å². The third kappa shape index (κ3) is 4.30. The van der Waals surface area contributed by atoms with Gasteiger partial charge in [0.2, 0.25) is 5.95 Å². The molecule has 0 bridgehead atoms. The summed E-state index contributed by atoms with van der Waals surface area (Å²) in [5.74, 6) is 0.784. The van der Waals surface area contributed by atoms with Crippen LogP contribution in [0.1, 0.15) is 55.4 Å². The quantitative estimate of drug-likeness (QED) is 0.594. The summed E-state index contributed by atoms with van der Waals surface area (Å²) in [6.45, 7) is 6.58. The summed E-state index contributed by atoms with van der Waals surface area (Å²) in [7, 11) is 0. The molecule has 3 N–H and O–H groups in total. The van der Waals surface area contributed by atoms with Crippen LogP contribution >= 0.6 is 11.3 Å². The molecule has 0 atom stereocenters. The van der Waals surface area contributed by atoms with Crippen LogP contribution in [0.25, 0.3) is 5.95 Å². The maximum absolute atomic E-state index is 12.6. The third-order valence-electron chi connectivity index (χ3n) is 5.10. The number of nitrogens with one attached hydrogen (secondary N) is 3. The SMILES string of the molecule is CC(C)(C)c1cc(NC(=O)NCc2cccs2)n(-c2nc3c(c(=O)[nH]2)CCCC3)n1. The molecule has 0 spiro atoms. The minimum Gasteiger partial charge on any atom is -0.333 e. The second-order valence-corrected chi connectivity index (χ2v) is 9.52. The van der Waals surface area contributed by atoms with Crippen molar-refractivity contribution in [3.05, 3.63) is 55.8 Å². The van der Waals surface area contributed by atoms with E-state index in [0.717, 1.165) is 47.5 Å². The number of carbonyl (C=O) groups excluding carboxylic acids is 1. The number of urea groups is 1. The normalized spacial score (nSPS) is 13.7. The van der Waals surface area contributed by atoms with Crippen LogP contribution in [0, 0.1) is 0 Å². The Balaban J connectivity index is 1.65. The van der Waals surface area contributed by atoms with E-state index in [4.69, 9.17) is 0 Å². The summed E-state index contributed by atoms with van der Waals surface area (Å²) in [6.07, 6.45) is 3.56. The van der Waals surface area contributed by atoms with Crippen molar-refractivity contribution >= 4 is 23.2 Å². The Bertz CT molecular complexity index is 1110. The van der Waals surface area contributed by atoms with Crippen molar-refractivity contribution in [1.29, 1.82) is 0 Å². The molecule has 1 aliphatic rings. The highest BCUT2D eigenvalue weighted by atomic mass is 32.1. The molecule has 0 saturated carbocycles. The van der Waals surface area contributed by atoms with Gasteiger partial charge in [0.1, 0.15) is 5.82 Å². The number of aromatic amines is 1. The van der Waals surface area contributed by atoms with E-state index >= 15 is 0 Å². The predicted octanol–water partition coefficient (Wildman–Crippen LogP) is 3.52. The van der Waals surface area contributed by atoms with Crippen molar-refractivity contribution in [2.24, 2.45) is 0 Å². The van der Waals surface area contributed by atoms with Gasteiger partial charge in [0, 0.05) is 21.9 Å². The summed E-state index contributed by atoms with van der Waals surface area (Å²) in [6, 6.07) is 5.40. The summed E-state index contributed by atoms with van der Waals surface area (Å²) in [5, 5.41) is 12.3. The largest absolute Gasteiger partial charge is 0.333 e. The van der Waals surface area contributed by atoms with Crippen molar-refractivity contribution < 1.29 is 4.79 Å². The van der Waals surface area contributed by atoms with E-state index in [9.17, 15) is 9.59 Å². The van der Waals surface area contributed by atoms with Crippen molar-refractivity contribution in [1.82, 2.24) is 25.1 Å². The fourth-order valence-electron chi connectivity index (χ4n) is 3.43. The van der Waals surface area contributed by atoms with Crippen LogP contribution in [0.15, 0.2) is 28.4 Å². The van der Waals surface area contributed by atoms with Crippen LogP contribution in [-0.2, 0) is 24.8 Å². The predicted molar refractivity (Wildman–Crippen MR) is 117 cm³/mol. The zero-order valence-corrected chi connectivity index (χ0v) is 18.2. The molecule has 0 aromatic carbocycles. The lowest BCUT2D eigenvalue weighted by atomic mass is 9.92. The number of hydrogen-bond acceptors (Lipinski definition) is 5. The average molecular weight is 427 g/mol. The Morgan fingerprint density at radius 3 is 2.83 bits per heavy atom. The molecule has 3 aromatic heterocycles. The summed E-state index contributed by atoms with van der Waals surface area (Å²) < 4.78 is 1.52. The van der Waals surface area contributed by atoms with Crippen LogP contribution in [-0.4, -0.2) is 25.8 Å². The lowest BCUT2D eigenvalue weighted by Crippen LogP contribution is -2.29. The lowest BCUT2D eigenvalue weighted by molar-refractivity contribution is 0.251.